The monoisotopic (exact) mass is 314 g/mol. The standard InChI is InChI=1S/C14H22N2O2S2/c1-10-7-13(8-14(15)11(10)2)20(17,18)16-9-12-3-5-19-6-4-12/h7-8,12,16H,3-6,9,15H2,1-2H3. The van der Waals surface area contributed by atoms with Gasteiger partial charge in [0.15, 0.2) is 0 Å². The second-order valence-electron chi connectivity index (χ2n) is 5.36. The fourth-order valence-electron chi connectivity index (χ4n) is 2.27. The third-order valence-corrected chi connectivity index (χ3v) is 6.35. The van der Waals surface area contributed by atoms with E-state index in [0.717, 1.165) is 35.5 Å². The first-order valence-electron chi connectivity index (χ1n) is 6.84. The van der Waals surface area contributed by atoms with Gasteiger partial charge < -0.3 is 5.73 Å². The summed E-state index contributed by atoms with van der Waals surface area (Å²) in [6.45, 7) is 4.30. The summed E-state index contributed by atoms with van der Waals surface area (Å²) in [7, 11) is -3.46. The maximum absolute atomic E-state index is 12.3. The van der Waals surface area contributed by atoms with Gasteiger partial charge >= 0.3 is 0 Å². The van der Waals surface area contributed by atoms with E-state index in [0.29, 0.717) is 18.2 Å². The summed E-state index contributed by atoms with van der Waals surface area (Å²) in [4.78, 5) is 0.267. The predicted molar refractivity (Wildman–Crippen MR) is 85.6 cm³/mol. The van der Waals surface area contributed by atoms with Crippen LogP contribution in [0.2, 0.25) is 0 Å². The number of rotatable bonds is 4. The van der Waals surface area contributed by atoms with E-state index < -0.39 is 10.0 Å². The van der Waals surface area contributed by atoms with E-state index in [2.05, 4.69) is 4.72 Å². The number of aryl methyl sites for hydroxylation is 1. The number of benzene rings is 1. The molecule has 0 amide bonds. The molecule has 1 aliphatic rings. The van der Waals surface area contributed by atoms with Crippen LogP contribution >= 0.6 is 11.8 Å². The minimum Gasteiger partial charge on any atom is -0.398 e. The van der Waals surface area contributed by atoms with E-state index in [1.165, 1.54) is 0 Å². The molecule has 2 rings (SSSR count). The van der Waals surface area contributed by atoms with Gasteiger partial charge in [0, 0.05) is 12.2 Å². The molecule has 4 nitrogen and oxygen atoms in total. The average molecular weight is 314 g/mol. The van der Waals surface area contributed by atoms with Crippen LogP contribution in [0.25, 0.3) is 0 Å². The van der Waals surface area contributed by atoms with E-state index >= 15 is 0 Å². The van der Waals surface area contributed by atoms with Crippen molar-refractivity contribution in [1.82, 2.24) is 4.72 Å². The van der Waals surface area contributed by atoms with Crippen LogP contribution in [-0.4, -0.2) is 26.5 Å². The molecular weight excluding hydrogens is 292 g/mol. The van der Waals surface area contributed by atoms with E-state index in [1.54, 1.807) is 12.1 Å². The zero-order valence-electron chi connectivity index (χ0n) is 12.0. The number of hydrogen-bond donors (Lipinski definition) is 2. The number of nitrogen functional groups attached to an aromatic ring is 1. The Morgan fingerprint density at radius 2 is 1.95 bits per heavy atom. The summed E-state index contributed by atoms with van der Waals surface area (Å²) in [6.07, 6.45) is 2.17. The molecule has 3 N–H and O–H groups in total. The van der Waals surface area contributed by atoms with E-state index in [9.17, 15) is 8.42 Å². The van der Waals surface area contributed by atoms with Crippen molar-refractivity contribution in [2.45, 2.75) is 31.6 Å². The van der Waals surface area contributed by atoms with Gasteiger partial charge in [0.25, 0.3) is 0 Å². The highest BCUT2D eigenvalue weighted by atomic mass is 32.2. The van der Waals surface area contributed by atoms with Gasteiger partial charge in [-0.3, -0.25) is 0 Å². The van der Waals surface area contributed by atoms with Crippen LogP contribution in [-0.2, 0) is 10.0 Å². The van der Waals surface area contributed by atoms with Crippen molar-refractivity contribution in [3.63, 3.8) is 0 Å². The molecule has 1 fully saturated rings. The summed E-state index contributed by atoms with van der Waals surface area (Å²) in [5.74, 6) is 2.71. The lowest BCUT2D eigenvalue weighted by Crippen LogP contribution is -2.31. The Bertz CT molecular complexity index is 556. The highest BCUT2D eigenvalue weighted by Crippen LogP contribution is 2.24. The molecule has 112 valence electrons. The van der Waals surface area contributed by atoms with Crippen molar-refractivity contribution >= 4 is 27.5 Å². The molecule has 0 bridgehead atoms. The van der Waals surface area contributed by atoms with Crippen LogP contribution in [0.4, 0.5) is 5.69 Å². The Kier molecular flexibility index (Phi) is 4.99. The molecule has 20 heavy (non-hydrogen) atoms. The molecule has 0 aromatic heterocycles. The number of nitrogens with one attached hydrogen (secondary N) is 1. The smallest absolute Gasteiger partial charge is 0.240 e. The van der Waals surface area contributed by atoms with Crippen LogP contribution in [0.1, 0.15) is 24.0 Å². The molecular formula is C14H22N2O2S2. The maximum Gasteiger partial charge on any atom is 0.240 e. The third-order valence-electron chi connectivity index (χ3n) is 3.89. The maximum atomic E-state index is 12.3. The highest BCUT2D eigenvalue weighted by molar-refractivity contribution is 7.99. The van der Waals surface area contributed by atoms with Gasteiger partial charge in [0.05, 0.1) is 4.90 Å². The first-order chi connectivity index (χ1) is 9.40. The lowest BCUT2D eigenvalue weighted by atomic mass is 10.0. The molecule has 1 aliphatic heterocycles. The first kappa shape index (κ1) is 15.7. The van der Waals surface area contributed by atoms with E-state index in [4.69, 9.17) is 5.73 Å². The largest absolute Gasteiger partial charge is 0.398 e. The second kappa shape index (κ2) is 6.37. The molecule has 0 saturated carbocycles. The Balaban J connectivity index is 2.10. The van der Waals surface area contributed by atoms with Crippen molar-refractivity contribution < 1.29 is 8.42 Å². The van der Waals surface area contributed by atoms with Gasteiger partial charge in [0.1, 0.15) is 0 Å². The van der Waals surface area contributed by atoms with Gasteiger partial charge in [-0.2, -0.15) is 11.8 Å². The number of nitrogens with two attached hydrogens (primary N) is 1. The summed E-state index contributed by atoms with van der Waals surface area (Å²) in [5, 5.41) is 0. The van der Waals surface area contributed by atoms with Crippen LogP contribution in [0, 0.1) is 19.8 Å². The normalized spacial score (nSPS) is 17.3. The molecule has 1 heterocycles. The lowest BCUT2D eigenvalue weighted by Gasteiger charge is -2.21. The predicted octanol–water partition coefficient (Wildman–Crippen LogP) is 2.31. The lowest BCUT2D eigenvalue weighted by molar-refractivity contribution is 0.476. The van der Waals surface area contributed by atoms with Crippen molar-refractivity contribution in [2.24, 2.45) is 5.92 Å². The van der Waals surface area contributed by atoms with Gasteiger partial charge in [-0.1, -0.05) is 0 Å². The molecule has 6 heteroatoms. The third kappa shape index (κ3) is 3.68. The molecule has 1 saturated heterocycles. The summed E-state index contributed by atoms with van der Waals surface area (Å²) >= 11 is 1.94. The molecule has 0 spiro atoms. The average Bonchev–Trinajstić information content (AvgIpc) is 2.43. The van der Waals surface area contributed by atoms with Crippen LogP contribution in [0.15, 0.2) is 17.0 Å². The molecule has 1 aromatic rings. The number of hydrogen-bond acceptors (Lipinski definition) is 4. The van der Waals surface area contributed by atoms with Gasteiger partial charge in [0.2, 0.25) is 10.0 Å². The Morgan fingerprint density at radius 1 is 1.30 bits per heavy atom. The van der Waals surface area contributed by atoms with E-state index in [1.807, 2.05) is 25.6 Å². The minimum absolute atomic E-state index is 0.267. The molecule has 1 aromatic carbocycles. The highest BCUT2D eigenvalue weighted by Gasteiger charge is 2.20. The Hall–Kier alpha value is -0.720. The van der Waals surface area contributed by atoms with Crippen LogP contribution in [0.5, 0.6) is 0 Å². The Morgan fingerprint density at radius 3 is 2.55 bits per heavy atom. The number of thioether (sulfide) groups is 1. The van der Waals surface area contributed by atoms with Crippen LogP contribution < -0.4 is 10.5 Å². The summed E-state index contributed by atoms with van der Waals surface area (Å²) in [6, 6.07) is 3.23. The van der Waals surface area contributed by atoms with Crippen LogP contribution in [0.3, 0.4) is 0 Å². The zero-order valence-corrected chi connectivity index (χ0v) is 13.6. The SMILES string of the molecule is Cc1cc(S(=O)(=O)NCC2CCSCC2)cc(N)c1C. The summed E-state index contributed by atoms with van der Waals surface area (Å²) in [5.41, 5.74) is 8.23. The molecule has 0 atom stereocenters. The molecule has 0 aliphatic carbocycles. The van der Waals surface area contributed by atoms with Crippen molar-refractivity contribution in [3.05, 3.63) is 23.3 Å². The minimum atomic E-state index is -3.46. The number of anilines is 1. The first-order valence-corrected chi connectivity index (χ1v) is 9.48. The van der Waals surface area contributed by atoms with Gasteiger partial charge in [-0.15, -0.1) is 0 Å². The quantitative estimate of drug-likeness (QED) is 0.837. The Labute approximate surface area is 125 Å². The van der Waals surface area contributed by atoms with Crippen molar-refractivity contribution in [2.75, 3.05) is 23.8 Å². The second-order valence-corrected chi connectivity index (χ2v) is 8.35. The summed E-state index contributed by atoms with van der Waals surface area (Å²) < 4.78 is 27.4. The van der Waals surface area contributed by atoms with Gasteiger partial charge in [-0.05, 0) is 67.4 Å². The van der Waals surface area contributed by atoms with Crippen molar-refractivity contribution in [1.29, 1.82) is 0 Å². The molecule has 0 radical (unpaired) electrons. The fourth-order valence-corrected chi connectivity index (χ4v) is 4.71. The molecule has 0 unspecified atom stereocenters. The topological polar surface area (TPSA) is 72.2 Å². The van der Waals surface area contributed by atoms with E-state index in [-0.39, 0.29) is 4.90 Å². The fraction of sp³-hybridized carbons (Fsp3) is 0.571. The van der Waals surface area contributed by atoms with Gasteiger partial charge in [-0.25, -0.2) is 13.1 Å². The number of sulfonamides is 1. The van der Waals surface area contributed by atoms with Crippen molar-refractivity contribution in [3.8, 4) is 0 Å². The zero-order chi connectivity index (χ0) is 14.8.